The second-order valence-corrected chi connectivity index (χ2v) is 6.92. The Morgan fingerprint density at radius 3 is 2.35 bits per heavy atom. The predicted molar refractivity (Wildman–Crippen MR) is 104 cm³/mol. The highest BCUT2D eigenvalue weighted by Gasteiger charge is 2.09. The maximum atomic E-state index is 12.2. The van der Waals surface area contributed by atoms with E-state index in [-0.39, 0.29) is 18.4 Å². The lowest BCUT2D eigenvalue weighted by Gasteiger charge is -2.08. The van der Waals surface area contributed by atoms with Crippen LogP contribution in [-0.2, 0) is 4.79 Å². The van der Waals surface area contributed by atoms with Crippen LogP contribution in [0.5, 0.6) is 0 Å². The number of carbonyl (C=O) groups excluding carboxylic acids is 2. The molecule has 5 nitrogen and oxygen atoms in total. The highest BCUT2D eigenvalue weighted by Crippen LogP contribution is 2.23. The summed E-state index contributed by atoms with van der Waals surface area (Å²) in [5.74, 6) is -0.532. The number of thiazole rings is 1. The number of aromatic nitrogens is 1. The summed E-state index contributed by atoms with van der Waals surface area (Å²) in [4.78, 5) is 28.5. The fourth-order valence-electron chi connectivity index (χ4n) is 2.64. The van der Waals surface area contributed by atoms with Crippen molar-refractivity contribution in [1.82, 2.24) is 10.3 Å². The van der Waals surface area contributed by atoms with Gasteiger partial charge in [0.1, 0.15) is 5.01 Å². The fourth-order valence-corrected chi connectivity index (χ4v) is 3.28. The maximum Gasteiger partial charge on any atom is 0.251 e. The van der Waals surface area contributed by atoms with E-state index in [0.717, 1.165) is 21.7 Å². The average Bonchev–Trinajstić information content (AvgIpc) is 3.14. The van der Waals surface area contributed by atoms with E-state index >= 15 is 0 Å². The van der Waals surface area contributed by atoms with Gasteiger partial charge < -0.3 is 10.6 Å². The van der Waals surface area contributed by atoms with E-state index in [0.29, 0.717) is 11.3 Å². The van der Waals surface area contributed by atoms with E-state index in [4.69, 9.17) is 0 Å². The summed E-state index contributed by atoms with van der Waals surface area (Å²) in [5.41, 5.74) is 4.26. The Bertz CT molecular complexity index is 898. The molecule has 0 fully saturated rings. The van der Waals surface area contributed by atoms with Crippen molar-refractivity contribution in [3.05, 3.63) is 70.7 Å². The topological polar surface area (TPSA) is 71.1 Å². The lowest BCUT2D eigenvalue weighted by Crippen LogP contribution is -2.32. The van der Waals surface area contributed by atoms with Crippen molar-refractivity contribution in [2.24, 2.45) is 0 Å². The predicted octanol–water partition coefficient (Wildman–Crippen LogP) is 3.80. The zero-order valence-corrected chi connectivity index (χ0v) is 15.4. The zero-order chi connectivity index (χ0) is 18.5. The molecule has 132 valence electrons. The highest BCUT2D eigenvalue weighted by atomic mass is 32.1. The molecule has 3 aromatic rings. The molecule has 2 amide bonds. The summed E-state index contributed by atoms with van der Waals surface area (Å²) >= 11 is 1.56. The molecular weight excluding hydrogens is 346 g/mol. The van der Waals surface area contributed by atoms with Gasteiger partial charge in [-0.05, 0) is 50.2 Å². The first-order chi connectivity index (χ1) is 12.5. The van der Waals surface area contributed by atoms with Crippen molar-refractivity contribution in [3.8, 4) is 10.6 Å². The summed E-state index contributed by atoms with van der Waals surface area (Å²) in [6.07, 6.45) is 1.76. The van der Waals surface area contributed by atoms with E-state index in [9.17, 15) is 9.59 Å². The zero-order valence-electron chi connectivity index (χ0n) is 14.6. The Hall–Kier alpha value is -2.99. The van der Waals surface area contributed by atoms with Crippen molar-refractivity contribution in [3.63, 3.8) is 0 Å². The van der Waals surface area contributed by atoms with Gasteiger partial charge in [0.15, 0.2) is 0 Å². The number of aryl methyl sites for hydroxylation is 2. The highest BCUT2D eigenvalue weighted by molar-refractivity contribution is 7.13. The van der Waals surface area contributed by atoms with Gasteiger partial charge in [-0.2, -0.15) is 0 Å². The molecule has 3 rings (SSSR count). The first-order valence-corrected chi connectivity index (χ1v) is 9.05. The van der Waals surface area contributed by atoms with Crippen molar-refractivity contribution in [2.75, 3.05) is 11.9 Å². The van der Waals surface area contributed by atoms with E-state index in [1.54, 1.807) is 29.7 Å². The molecule has 1 aromatic heterocycles. The van der Waals surface area contributed by atoms with Crippen LogP contribution in [0.4, 0.5) is 5.69 Å². The number of anilines is 1. The van der Waals surface area contributed by atoms with Gasteiger partial charge >= 0.3 is 0 Å². The number of rotatable bonds is 5. The van der Waals surface area contributed by atoms with Crippen LogP contribution in [0.15, 0.2) is 54.0 Å². The van der Waals surface area contributed by atoms with Crippen molar-refractivity contribution in [1.29, 1.82) is 0 Å². The molecule has 0 aliphatic heterocycles. The lowest BCUT2D eigenvalue weighted by atomic mass is 10.1. The van der Waals surface area contributed by atoms with Gasteiger partial charge in [0.2, 0.25) is 5.91 Å². The van der Waals surface area contributed by atoms with Crippen molar-refractivity contribution >= 4 is 28.8 Å². The number of amides is 2. The molecule has 0 saturated heterocycles. The summed E-state index contributed by atoms with van der Waals surface area (Å²) in [6, 6.07) is 13.1. The number of hydrogen-bond donors (Lipinski definition) is 2. The van der Waals surface area contributed by atoms with Crippen LogP contribution < -0.4 is 10.6 Å². The third-order valence-electron chi connectivity index (χ3n) is 3.74. The van der Waals surface area contributed by atoms with Crippen LogP contribution >= 0.6 is 11.3 Å². The van der Waals surface area contributed by atoms with Crippen molar-refractivity contribution in [2.45, 2.75) is 13.8 Å². The molecule has 0 aliphatic rings. The smallest absolute Gasteiger partial charge is 0.251 e. The van der Waals surface area contributed by atoms with Gasteiger partial charge in [0, 0.05) is 28.4 Å². The standard InChI is InChI=1S/C20H19N3O2S/c1-13-9-14(2)11-16(10-13)19(25)22-12-18(24)23-17-5-3-15(4-6-17)20-21-7-8-26-20/h3-11H,12H2,1-2H3,(H,22,25)(H,23,24). The Morgan fingerprint density at radius 1 is 1.04 bits per heavy atom. The van der Waals surface area contributed by atoms with Gasteiger partial charge in [-0.15, -0.1) is 11.3 Å². The number of hydrogen-bond acceptors (Lipinski definition) is 4. The quantitative estimate of drug-likeness (QED) is 0.722. The summed E-state index contributed by atoms with van der Waals surface area (Å²) in [5, 5.41) is 8.28. The van der Waals surface area contributed by atoms with Gasteiger partial charge in [-0.1, -0.05) is 17.2 Å². The van der Waals surface area contributed by atoms with E-state index in [1.165, 1.54) is 0 Å². The monoisotopic (exact) mass is 365 g/mol. The summed E-state index contributed by atoms with van der Waals surface area (Å²) < 4.78 is 0. The van der Waals surface area contributed by atoms with Crippen LogP contribution in [0.3, 0.4) is 0 Å². The van der Waals surface area contributed by atoms with Crippen LogP contribution in [-0.4, -0.2) is 23.3 Å². The van der Waals surface area contributed by atoms with Crippen LogP contribution in [0, 0.1) is 13.8 Å². The molecule has 0 spiro atoms. The van der Waals surface area contributed by atoms with Crippen LogP contribution in [0.25, 0.3) is 10.6 Å². The number of nitrogens with one attached hydrogen (secondary N) is 2. The van der Waals surface area contributed by atoms with Gasteiger partial charge in [-0.25, -0.2) is 4.98 Å². The molecule has 2 N–H and O–H groups in total. The third kappa shape index (κ3) is 4.55. The Morgan fingerprint density at radius 2 is 1.73 bits per heavy atom. The Labute approximate surface area is 156 Å². The molecule has 0 aliphatic carbocycles. The molecule has 0 saturated carbocycles. The minimum absolute atomic E-state index is 0.0833. The van der Waals surface area contributed by atoms with E-state index < -0.39 is 0 Å². The SMILES string of the molecule is Cc1cc(C)cc(C(=O)NCC(=O)Nc2ccc(-c3nccs3)cc2)c1. The van der Waals surface area contributed by atoms with Crippen LogP contribution in [0.1, 0.15) is 21.5 Å². The molecule has 26 heavy (non-hydrogen) atoms. The molecule has 0 radical (unpaired) electrons. The number of nitrogens with zero attached hydrogens (tertiary/aromatic N) is 1. The molecule has 0 atom stereocenters. The Kier molecular flexibility index (Phi) is 5.43. The van der Waals surface area contributed by atoms with Gasteiger partial charge in [-0.3, -0.25) is 9.59 Å². The molecule has 0 unspecified atom stereocenters. The number of benzene rings is 2. The maximum absolute atomic E-state index is 12.2. The molecule has 0 bridgehead atoms. The summed E-state index contributed by atoms with van der Waals surface area (Å²) in [6.45, 7) is 3.79. The average molecular weight is 365 g/mol. The first kappa shape index (κ1) is 17.8. The Balaban J connectivity index is 1.54. The third-order valence-corrected chi connectivity index (χ3v) is 4.56. The minimum Gasteiger partial charge on any atom is -0.343 e. The molecular formula is C20H19N3O2S. The molecule has 1 heterocycles. The second-order valence-electron chi connectivity index (χ2n) is 6.02. The van der Waals surface area contributed by atoms with Crippen LogP contribution in [0.2, 0.25) is 0 Å². The van der Waals surface area contributed by atoms with Gasteiger partial charge in [0.25, 0.3) is 5.91 Å². The fraction of sp³-hybridized carbons (Fsp3) is 0.150. The molecule has 6 heteroatoms. The van der Waals surface area contributed by atoms with Gasteiger partial charge in [0.05, 0.1) is 6.54 Å². The normalized spacial score (nSPS) is 10.4. The van der Waals surface area contributed by atoms with E-state index in [1.807, 2.05) is 49.6 Å². The number of carbonyl (C=O) groups is 2. The molecule has 2 aromatic carbocycles. The first-order valence-electron chi connectivity index (χ1n) is 8.17. The largest absolute Gasteiger partial charge is 0.343 e. The summed E-state index contributed by atoms with van der Waals surface area (Å²) in [7, 11) is 0. The van der Waals surface area contributed by atoms with E-state index in [2.05, 4.69) is 15.6 Å². The van der Waals surface area contributed by atoms with Crippen molar-refractivity contribution < 1.29 is 9.59 Å². The minimum atomic E-state index is -0.273. The lowest BCUT2D eigenvalue weighted by molar-refractivity contribution is -0.115. The second kappa shape index (κ2) is 7.93.